The number of thioether (sulfide) groups is 1. The van der Waals surface area contributed by atoms with E-state index in [2.05, 4.69) is 38.7 Å². The summed E-state index contributed by atoms with van der Waals surface area (Å²) >= 11 is 5.15. The first-order valence-corrected chi connectivity index (χ1v) is 9.48. The highest BCUT2D eigenvalue weighted by Crippen LogP contribution is 2.27. The maximum absolute atomic E-state index is 12.5. The van der Waals surface area contributed by atoms with E-state index in [1.165, 1.54) is 5.56 Å². The summed E-state index contributed by atoms with van der Waals surface area (Å²) in [4.78, 5) is 13.5. The molecule has 0 spiro atoms. The molecule has 1 amide bonds. The Balaban J connectivity index is 0.00000208. The molecule has 3 rings (SSSR count). The summed E-state index contributed by atoms with van der Waals surface area (Å²) in [6.45, 7) is 1.84. The van der Waals surface area contributed by atoms with Crippen LogP contribution in [0.15, 0.2) is 57.9 Å². The van der Waals surface area contributed by atoms with E-state index in [4.69, 9.17) is 0 Å². The molecule has 128 valence electrons. The minimum absolute atomic E-state index is 0. The SMILES string of the molecule is Cl.O=C(NC1CCNC1)c1ccccc1SCc1ccc(Br)cc1. The summed E-state index contributed by atoms with van der Waals surface area (Å²) in [7, 11) is 0. The molecular weight excluding hydrogens is 408 g/mol. The lowest BCUT2D eigenvalue weighted by molar-refractivity contribution is 0.0937. The Morgan fingerprint density at radius 2 is 1.96 bits per heavy atom. The van der Waals surface area contributed by atoms with Crippen LogP contribution in [0.25, 0.3) is 0 Å². The Hall–Kier alpha value is -1.01. The predicted molar refractivity (Wildman–Crippen MR) is 106 cm³/mol. The standard InChI is InChI=1S/C18H19BrN2OS.ClH/c19-14-7-5-13(6-8-14)12-23-17-4-2-1-3-16(17)18(22)21-15-9-10-20-11-15;/h1-8,15,20H,9-12H2,(H,21,22);1H. The van der Waals surface area contributed by atoms with Gasteiger partial charge in [0.1, 0.15) is 0 Å². The van der Waals surface area contributed by atoms with Gasteiger partial charge in [-0.3, -0.25) is 4.79 Å². The first-order chi connectivity index (χ1) is 11.2. The van der Waals surface area contributed by atoms with Crippen molar-refractivity contribution in [3.63, 3.8) is 0 Å². The van der Waals surface area contributed by atoms with E-state index in [0.29, 0.717) is 0 Å². The lowest BCUT2D eigenvalue weighted by Crippen LogP contribution is -2.36. The third kappa shape index (κ3) is 5.24. The fourth-order valence-corrected chi connectivity index (χ4v) is 3.83. The van der Waals surface area contributed by atoms with Crippen LogP contribution in [-0.4, -0.2) is 25.0 Å². The Morgan fingerprint density at radius 1 is 1.21 bits per heavy atom. The van der Waals surface area contributed by atoms with E-state index in [0.717, 1.165) is 40.2 Å². The highest BCUT2D eigenvalue weighted by atomic mass is 79.9. The van der Waals surface area contributed by atoms with E-state index in [-0.39, 0.29) is 24.4 Å². The maximum atomic E-state index is 12.5. The largest absolute Gasteiger partial charge is 0.348 e. The summed E-state index contributed by atoms with van der Waals surface area (Å²) < 4.78 is 1.08. The fraction of sp³-hybridized carbons (Fsp3) is 0.278. The first kappa shape index (κ1) is 19.3. The number of rotatable bonds is 5. The molecule has 0 aliphatic carbocycles. The van der Waals surface area contributed by atoms with Gasteiger partial charge in [-0.2, -0.15) is 0 Å². The molecule has 3 nitrogen and oxygen atoms in total. The molecule has 0 aromatic heterocycles. The highest BCUT2D eigenvalue weighted by molar-refractivity contribution is 9.10. The number of benzene rings is 2. The smallest absolute Gasteiger partial charge is 0.252 e. The zero-order chi connectivity index (χ0) is 16.1. The summed E-state index contributed by atoms with van der Waals surface area (Å²) in [6, 6.07) is 16.4. The Labute approximate surface area is 161 Å². The Kier molecular flexibility index (Phi) is 7.62. The molecule has 1 saturated heterocycles. The van der Waals surface area contributed by atoms with Gasteiger partial charge in [-0.05, 0) is 42.8 Å². The molecule has 1 heterocycles. The zero-order valence-corrected chi connectivity index (χ0v) is 16.3. The summed E-state index contributed by atoms with van der Waals surface area (Å²) in [5, 5.41) is 6.39. The first-order valence-electron chi connectivity index (χ1n) is 7.70. The average Bonchev–Trinajstić information content (AvgIpc) is 3.07. The van der Waals surface area contributed by atoms with Gasteiger partial charge in [0.25, 0.3) is 5.91 Å². The molecule has 2 aromatic rings. The summed E-state index contributed by atoms with van der Waals surface area (Å²) in [6.07, 6.45) is 1.000. The number of halogens is 2. The van der Waals surface area contributed by atoms with Gasteiger partial charge in [-0.25, -0.2) is 0 Å². The van der Waals surface area contributed by atoms with Crippen LogP contribution in [0.2, 0.25) is 0 Å². The van der Waals surface area contributed by atoms with Crippen molar-refractivity contribution >= 4 is 46.0 Å². The molecule has 1 aliphatic heterocycles. The molecule has 2 aromatic carbocycles. The number of carbonyl (C=O) groups excluding carboxylic acids is 1. The van der Waals surface area contributed by atoms with Gasteiger partial charge in [0, 0.05) is 27.7 Å². The third-order valence-electron chi connectivity index (χ3n) is 3.83. The van der Waals surface area contributed by atoms with E-state index in [1.807, 2.05) is 36.4 Å². The van der Waals surface area contributed by atoms with E-state index in [9.17, 15) is 4.79 Å². The van der Waals surface area contributed by atoms with Crippen LogP contribution in [0.1, 0.15) is 22.3 Å². The molecule has 0 bridgehead atoms. The summed E-state index contributed by atoms with van der Waals surface area (Å²) in [5.41, 5.74) is 2.01. The molecule has 1 fully saturated rings. The fourth-order valence-electron chi connectivity index (χ4n) is 2.56. The van der Waals surface area contributed by atoms with Crippen molar-refractivity contribution in [3.8, 4) is 0 Å². The molecule has 1 atom stereocenters. The Morgan fingerprint density at radius 3 is 2.67 bits per heavy atom. The van der Waals surface area contributed by atoms with Gasteiger partial charge in [0.2, 0.25) is 0 Å². The number of hydrogen-bond donors (Lipinski definition) is 2. The monoisotopic (exact) mass is 426 g/mol. The molecule has 1 aliphatic rings. The second kappa shape index (κ2) is 9.47. The number of nitrogens with one attached hydrogen (secondary N) is 2. The predicted octanol–water partition coefficient (Wildman–Crippen LogP) is 4.25. The lowest BCUT2D eigenvalue weighted by atomic mass is 10.2. The normalized spacial score (nSPS) is 16.5. The van der Waals surface area contributed by atoms with Gasteiger partial charge >= 0.3 is 0 Å². The molecular formula is C18H20BrClN2OS. The highest BCUT2D eigenvalue weighted by Gasteiger charge is 2.19. The van der Waals surface area contributed by atoms with E-state index < -0.39 is 0 Å². The van der Waals surface area contributed by atoms with Crippen LogP contribution in [0, 0.1) is 0 Å². The average molecular weight is 428 g/mol. The maximum Gasteiger partial charge on any atom is 0.252 e. The quantitative estimate of drug-likeness (QED) is 0.701. The topological polar surface area (TPSA) is 41.1 Å². The van der Waals surface area contributed by atoms with Crippen molar-refractivity contribution in [1.29, 1.82) is 0 Å². The van der Waals surface area contributed by atoms with Crippen molar-refractivity contribution in [3.05, 3.63) is 64.1 Å². The van der Waals surface area contributed by atoms with Gasteiger partial charge in [-0.1, -0.05) is 40.2 Å². The van der Waals surface area contributed by atoms with Crippen LogP contribution in [-0.2, 0) is 5.75 Å². The van der Waals surface area contributed by atoms with Crippen LogP contribution >= 0.6 is 40.1 Å². The zero-order valence-electron chi connectivity index (χ0n) is 13.1. The molecule has 24 heavy (non-hydrogen) atoms. The van der Waals surface area contributed by atoms with Crippen molar-refractivity contribution in [1.82, 2.24) is 10.6 Å². The molecule has 0 radical (unpaired) electrons. The second-order valence-electron chi connectivity index (χ2n) is 5.57. The van der Waals surface area contributed by atoms with Crippen LogP contribution in [0.5, 0.6) is 0 Å². The molecule has 1 unspecified atom stereocenters. The van der Waals surface area contributed by atoms with Crippen molar-refractivity contribution in [2.24, 2.45) is 0 Å². The van der Waals surface area contributed by atoms with E-state index in [1.54, 1.807) is 11.8 Å². The molecule has 6 heteroatoms. The third-order valence-corrected chi connectivity index (χ3v) is 5.51. The minimum atomic E-state index is 0. The van der Waals surface area contributed by atoms with Crippen LogP contribution in [0.3, 0.4) is 0 Å². The van der Waals surface area contributed by atoms with Crippen LogP contribution < -0.4 is 10.6 Å². The molecule has 0 saturated carbocycles. The lowest BCUT2D eigenvalue weighted by Gasteiger charge is -2.14. The van der Waals surface area contributed by atoms with Gasteiger partial charge in [-0.15, -0.1) is 24.2 Å². The van der Waals surface area contributed by atoms with Gasteiger partial charge < -0.3 is 10.6 Å². The van der Waals surface area contributed by atoms with Crippen LogP contribution in [0.4, 0.5) is 0 Å². The molecule has 2 N–H and O–H groups in total. The number of amides is 1. The minimum Gasteiger partial charge on any atom is -0.348 e. The van der Waals surface area contributed by atoms with Gasteiger partial charge in [0.05, 0.1) is 5.56 Å². The van der Waals surface area contributed by atoms with Crippen molar-refractivity contribution in [2.75, 3.05) is 13.1 Å². The van der Waals surface area contributed by atoms with Gasteiger partial charge in [0.15, 0.2) is 0 Å². The Bertz CT molecular complexity index is 675. The van der Waals surface area contributed by atoms with Crippen molar-refractivity contribution in [2.45, 2.75) is 23.1 Å². The van der Waals surface area contributed by atoms with E-state index >= 15 is 0 Å². The number of carbonyl (C=O) groups is 1. The number of hydrogen-bond acceptors (Lipinski definition) is 3. The van der Waals surface area contributed by atoms with Crippen molar-refractivity contribution < 1.29 is 4.79 Å². The second-order valence-corrected chi connectivity index (χ2v) is 7.51. The summed E-state index contributed by atoms with van der Waals surface area (Å²) in [5.74, 6) is 0.875.